The zero-order valence-electron chi connectivity index (χ0n) is 21.9. The predicted octanol–water partition coefficient (Wildman–Crippen LogP) is 3.05. The second-order valence-electron chi connectivity index (χ2n) is 9.41. The van der Waals surface area contributed by atoms with Crippen LogP contribution in [0.2, 0.25) is 0 Å². The third-order valence-corrected chi connectivity index (χ3v) is 9.20. The van der Waals surface area contributed by atoms with Gasteiger partial charge in [-0.15, -0.1) is 0 Å². The van der Waals surface area contributed by atoms with E-state index in [-0.39, 0.29) is 23.3 Å². The summed E-state index contributed by atoms with van der Waals surface area (Å²) in [5, 5.41) is 0.911. The molecule has 38 heavy (non-hydrogen) atoms. The number of benzene rings is 2. The van der Waals surface area contributed by atoms with Gasteiger partial charge in [0, 0.05) is 67.0 Å². The molecule has 0 atom stereocenters. The summed E-state index contributed by atoms with van der Waals surface area (Å²) in [6.45, 7) is 6.69. The van der Waals surface area contributed by atoms with E-state index in [0.717, 1.165) is 16.5 Å². The monoisotopic (exact) mass is 536 g/mol. The number of fused-ring (bicyclic) bond motifs is 2. The Morgan fingerprint density at radius 1 is 1.08 bits per heavy atom. The number of aromatic nitrogens is 1. The summed E-state index contributed by atoms with van der Waals surface area (Å²) in [6, 6.07) is 12.6. The highest BCUT2D eigenvalue weighted by Gasteiger charge is 2.33. The van der Waals surface area contributed by atoms with Crippen molar-refractivity contribution >= 4 is 50.1 Å². The third-order valence-electron chi connectivity index (χ3n) is 7.30. The van der Waals surface area contributed by atoms with E-state index >= 15 is 0 Å². The Labute approximate surface area is 222 Å². The maximum absolute atomic E-state index is 13.3. The van der Waals surface area contributed by atoms with Crippen molar-refractivity contribution in [1.29, 1.82) is 0 Å². The lowest BCUT2D eigenvalue weighted by atomic mass is 10.0. The molecule has 0 bridgehead atoms. The number of carbonyl (C=O) groups excluding carboxylic acids is 2. The number of para-hydroxylation sites is 1. The van der Waals surface area contributed by atoms with Gasteiger partial charge in [-0.25, -0.2) is 8.42 Å². The Morgan fingerprint density at radius 2 is 1.79 bits per heavy atom. The van der Waals surface area contributed by atoms with Crippen LogP contribution in [0.15, 0.2) is 53.6 Å². The van der Waals surface area contributed by atoms with Crippen molar-refractivity contribution in [1.82, 2.24) is 13.8 Å². The van der Waals surface area contributed by atoms with Gasteiger partial charge in [0.15, 0.2) is 0 Å². The van der Waals surface area contributed by atoms with Crippen molar-refractivity contribution in [2.45, 2.75) is 25.3 Å². The van der Waals surface area contributed by atoms with Crippen LogP contribution in [0, 0.1) is 0 Å². The van der Waals surface area contributed by atoms with E-state index in [1.54, 1.807) is 36.2 Å². The van der Waals surface area contributed by atoms with Crippen LogP contribution in [0.1, 0.15) is 25.0 Å². The van der Waals surface area contributed by atoms with Gasteiger partial charge in [0.25, 0.3) is 5.91 Å². The molecule has 2 aliphatic rings. The molecular formula is C28H32N4O5S. The minimum absolute atomic E-state index is 0.0231. The van der Waals surface area contributed by atoms with Crippen LogP contribution < -0.4 is 4.90 Å². The topological polar surface area (TPSA) is 92.2 Å². The fourth-order valence-electron chi connectivity index (χ4n) is 5.16. The zero-order chi connectivity index (χ0) is 27.0. The molecule has 1 fully saturated rings. The highest BCUT2D eigenvalue weighted by Crippen LogP contribution is 2.39. The average molecular weight is 537 g/mol. The van der Waals surface area contributed by atoms with Crippen LogP contribution in [-0.4, -0.2) is 80.4 Å². The standard InChI is InChI=1S/C28H32N4O5S/c1-4-30(5-2)27(33)19-31-18-20(22-8-6-7-9-26(22)31)16-24-23-17-21(10-11-25(23)29(3)28(24)34)38(35,36)32-12-14-37-15-13-32/h6-11,16-18H,4-5,12-15,19H2,1-3H3/b24-16-. The second-order valence-corrected chi connectivity index (χ2v) is 11.4. The van der Waals surface area contributed by atoms with E-state index in [4.69, 9.17) is 4.74 Å². The molecule has 0 N–H and O–H groups in total. The number of hydrogen-bond donors (Lipinski definition) is 0. The van der Waals surface area contributed by atoms with Crippen molar-refractivity contribution < 1.29 is 22.7 Å². The normalized spacial score (nSPS) is 17.4. The summed E-state index contributed by atoms with van der Waals surface area (Å²) in [5.41, 5.74) is 3.33. The van der Waals surface area contributed by atoms with Crippen LogP contribution >= 0.6 is 0 Å². The Kier molecular flexibility index (Phi) is 7.13. The van der Waals surface area contributed by atoms with Gasteiger partial charge < -0.3 is 19.1 Å². The first kappa shape index (κ1) is 26.1. The lowest BCUT2D eigenvalue weighted by molar-refractivity contribution is -0.131. The third kappa shape index (κ3) is 4.53. The maximum Gasteiger partial charge on any atom is 0.258 e. The summed E-state index contributed by atoms with van der Waals surface area (Å²) in [7, 11) is -2.04. The van der Waals surface area contributed by atoms with Crippen LogP contribution in [-0.2, 0) is 30.9 Å². The van der Waals surface area contributed by atoms with Gasteiger partial charge in [0.05, 0.1) is 23.8 Å². The molecule has 3 heterocycles. The van der Waals surface area contributed by atoms with Gasteiger partial charge in [-0.2, -0.15) is 4.31 Å². The largest absolute Gasteiger partial charge is 0.379 e. The van der Waals surface area contributed by atoms with E-state index in [0.29, 0.717) is 56.2 Å². The molecule has 10 heteroatoms. The van der Waals surface area contributed by atoms with E-state index in [2.05, 4.69) is 0 Å². The van der Waals surface area contributed by atoms with Gasteiger partial charge >= 0.3 is 0 Å². The summed E-state index contributed by atoms with van der Waals surface area (Å²) >= 11 is 0. The lowest BCUT2D eigenvalue weighted by Crippen LogP contribution is -2.40. The fraction of sp³-hybridized carbons (Fsp3) is 0.357. The first-order valence-electron chi connectivity index (χ1n) is 12.8. The molecule has 200 valence electrons. The predicted molar refractivity (Wildman–Crippen MR) is 147 cm³/mol. The van der Waals surface area contributed by atoms with Gasteiger partial charge in [-0.05, 0) is 44.2 Å². The molecule has 0 spiro atoms. The number of nitrogens with zero attached hydrogens (tertiary/aromatic N) is 4. The first-order chi connectivity index (χ1) is 18.3. The molecule has 2 aromatic carbocycles. The minimum Gasteiger partial charge on any atom is -0.379 e. The summed E-state index contributed by atoms with van der Waals surface area (Å²) in [6.07, 6.45) is 3.69. The number of morpholine rings is 1. The molecule has 5 rings (SSSR count). The number of hydrogen-bond acceptors (Lipinski definition) is 5. The second kappa shape index (κ2) is 10.4. The van der Waals surface area contributed by atoms with Gasteiger partial charge in [0.1, 0.15) is 6.54 Å². The van der Waals surface area contributed by atoms with Crippen molar-refractivity contribution in [3.05, 3.63) is 59.8 Å². The number of sulfonamides is 1. The highest BCUT2D eigenvalue weighted by molar-refractivity contribution is 7.89. The summed E-state index contributed by atoms with van der Waals surface area (Å²) < 4.78 is 35.3. The Balaban J connectivity index is 1.57. The van der Waals surface area contributed by atoms with Gasteiger partial charge in [-0.3, -0.25) is 9.59 Å². The van der Waals surface area contributed by atoms with Crippen LogP contribution in [0.25, 0.3) is 22.6 Å². The number of carbonyl (C=O) groups is 2. The fourth-order valence-corrected chi connectivity index (χ4v) is 6.60. The number of rotatable bonds is 7. The van der Waals surface area contributed by atoms with Gasteiger partial charge in [0.2, 0.25) is 15.9 Å². The molecule has 9 nitrogen and oxygen atoms in total. The molecule has 2 aliphatic heterocycles. The van der Waals surface area contributed by atoms with Crippen molar-refractivity contribution in [2.24, 2.45) is 0 Å². The van der Waals surface area contributed by atoms with E-state index < -0.39 is 10.0 Å². The number of ether oxygens (including phenoxy) is 1. The van der Waals surface area contributed by atoms with Crippen LogP contribution in [0.4, 0.5) is 5.69 Å². The average Bonchev–Trinajstić information content (AvgIpc) is 3.39. The maximum atomic E-state index is 13.3. The molecule has 2 amide bonds. The van der Waals surface area contributed by atoms with E-state index in [1.165, 1.54) is 9.21 Å². The molecular weight excluding hydrogens is 504 g/mol. The van der Waals surface area contributed by atoms with Crippen molar-refractivity contribution in [2.75, 3.05) is 51.3 Å². The summed E-state index contributed by atoms with van der Waals surface area (Å²) in [5.74, 6) is -0.188. The minimum atomic E-state index is -3.72. The molecule has 0 saturated carbocycles. The summed E-state index contributed by atoms with van der Waals surface area (Å²) in [4.78, 5) is 29.7. The number of anilines is 1. The quantitative estimate of drug-likeness (QED) is 0.433. The van der Waals surface area contributed by atoms with Gasteiger partial charge in [-0.1, -0.05) is 18.2 Å². The molecule has 1 aromatic heterocycles. The number of likely N-dealkylation sites (N-methyl/N-ethyl adjacent to an activating group) is 2. The van der Waals surface area contributed by atoms with E-state index in [9.17, 15) is 18.0 Å². The highest BCUT2D eigenvalue weighted by atomic mass is 32.2. The SMILES string of the molecule is CCN(CC)C(=O)Cn1cc(/C=C2\C(=O)N(C)c3ccc(S(=O)(=O)N4CCOCC4)cc32)c2ccccc21. The lowest BCUT2D eigenvalue weighted by Gasteiger charge is -2.26. The Bertz CT molecular complexity index is 1530. The van der Waals surface area contributed by atoms with E-state index in [1.807, 2.05) is 48.9 Å². The molecule has 1 saturated heterocycles. The van der Waals surface area contributed by atoms with Crippen LogP contribution in [0.3, 0.4) is 0 Å². The molecule has 0 radical (unpaired) electrons. The zero-order valence-corrected chi connectivity index (χ0v) is 22.7. The molecule has 0 unspecified atom stereocenters. The van der Waals surface area contributed by atoms with Crippen molar-refractivity contribution in [3.63, 3.8) is 0 Å². The Hall–Kier alpha value is -3.47. The van der Waals surface area contributed by atoms with Crippen LogP contribution in [0.5, 0.6) is 0 Å². The molecule has 0 aliphatic carbocycles. The number of amides is 2. The Morgan fingerprint density at radius 3 is 2.50 bits per heavy atom. The first-order valence-corrected chi connectivity index (χ1v) is 14.3. The van der Waals surface area contributed by atoms with Crippen molar-refractivity contribution in [3.8, 4) is 0 Å². The molecule has 3 aromatic rings. The smallest absolute Gasteiger partial charge is 0.258 e.